The lowest BCUT2D eigenvalue weighted by Crippen LogP contribution is -2.14. The van der Waals surface area contributed by atoms with Crippen molar-refractivity contribution in [2.75, 3.05) is 23.8 Å². The van der Waals surface area contributed by atoms with Crippen molar-refractivity contribution in [2.45, 2.75) is 27.2 Å². The Morgan fingerprint density at radius 3 is 2.50 bits per heavy atom. The van der Waals surface area contributed by atoms with Gasteiger partial charge in [0, 0.05) is 12.2 Å². The zero-order chi connectivity index (χ0) is 17.4. The third kappa shape index (κ3) is 5.53. The third-order valence-corrected chi connectivity index (χ3v) is 3.34. The van der Waals surface area contributed by atoms with E-state index in [4.69, 9.17) is 4.74 Å². The molecule has 1 aromatic carbocycles. The molecule has 0 atom stereocenters. The first kappa shape index (κ1) is 17.7. The molecular formula is C18H24N4O2. The minimum absolute atomic E-state index is 0.276. The summed E-state index contributed by atoms with van der Waals surface area (Å²) in [5.41, 5.74) is 0.961. The van der Waals surface area contributed by atoms with Crippen LogP contribution in [0.5, 0.6) is 5.75 Å². The van der Waals surface area contributed by atoms with E-state index in [1.54, 1.807) is 18.3 Å². The first-order chi connectivity index (χ1) is 11.6. The molecule has 0 radical (unpaired) electrons. The van der Waals surface area contributed by atoms with Crippen LogP contribution in [-0.4, -0.2) is 29.0 Å². The van der Waals surface area contributed by atoms with E-state index >= 15 is 0 Å². The summed E-state index contributed by atoms with van der Waals surface area (Å²) in [5, 5.41) is 5.98. The molecule has 2 aromatic rings. The van der Waals surface area contributed by atoms with Crippen molar-refractivity contribution in [3.05, 3.63) is 42.4 Å². The number of nitrogens with one attached hydrogen (secondary N) is 2. The van der Waals surface area contributed by atoms with Crippen molar-refractivity contribution in [3.8, 4) is 5.75 Å². The number of benzene rings is 1. The molecule has 24 heavy (non-hydrogen) atoms. The number of rotatable bonds is 8. The van der Waals surface area contributed by atoms with E-state index < -0.39 is 0 Å². The highest BCUT2D eigenvalue weighted by molar-refractivity contribution is 6.02. The molecule has 0 bridgehead atoms. The number of hydrogen-bond donors (Lipinski definition) is 2. The van der Waals surface area contributed by atoms with Crippen molar-refractivity contribution in [3.63, 3.8) is 0 Å². The lowest BCUT2D eigenvalue weighted by molar-refractivity contribution is 0.102. The number of nitrogens with zero attached hydrogens (tertiary/aromatic N) is 2. The molecule has 128 valence electrons. The second kappa shape index (κ2) is 8.86. The summed E-state index contributed by atoms with van der Waals surface area (Å²) in [7, 11) is 0. The Morgan fingerprint density at radius 2 is 1.92 bits per heavy atom. The average molecular weight is 328 g/mol. The van der Waals surface area contributed by atoms with E-state index in [-0.39, 0.29) is 11.6 Å². The smallest absolute Gasteiger partial charge is 0.275 e. The SMILES string of the molecule is CCOc1ccc(NC(=O)c2cnc(NCCC(C)C)cn2)cc1. The Labute approximate surface area is 142 Å². The summed E-state index contributed by atoms with van der Waals surface area (Å²) < 4.78 is 5.37. The summed E-state index contributed by atoms with van der Waals surface area (Å²) in [5.74, 6) is 1.78. The quantitative estimate of drug-likeness (QED) is 0.774. The number of carbonyl (C=O) groups excluding carboxylic acids is 1. The minimum atomic E-state index is -0.291. The van der Waals surface area contributed by atoms with Gasteiger partial charge in [0.25, 0.3) is 5.91 Å². The van der Waals surface area contributed by atoms with E-state index in [1.165, 1.54) is 6.20 Å². The average Bonchev–Trinajstić information content (AvgIpc) is 2.57. The van der Waals surface area contributed by atoms with Gasteiger partial charge in [0.1, 0.15) is 17.3 Å². The maximum Gasteiger partial charge on any atom is 0.275 e. The van der Waals surface area contributed by atoms with Gasteiger partial charge < -0.3 is 15.4 Å². The summed E-state index contributed by atoms with van der Waals surface area (Å²) in [6, 6.07) is 7.20. The molecule has 2 rings (SSSR count). The first-order valence-electron chi connectivity index (χ1n) is 8.18. The predicted molar refractivity (Wildman–Crippen MR) is 95.5 cm³/mol. The Morgan fingerprint density at radius 1 is 1.17 bits per heavy atom. The predicted octanol–water partition coefficient (Wildman–Crippen LogP) is 3.59. The van der Waals surface area contributed by atoms with E-state index in [1.807, 2.05) is 19.1 Å². The van der Waals surface area contributed by atoms with Gasteiger partial charge in [-0.15, -0.1) is 0 Å². The van der Waals surface area contributed by atoms with Crippen molar-refractivity contribution in [1.82, 2.24) is 9.97 Å². The molecule has 1 amide bonds. The number of aromatic nitrogens is 2. The minimum Gasteiger partial charge on any atom is -0.494 e. The Kier molecular flexibility index (Phi) is 6.54. The van der Waals surface area contributed by atoms with Gasteiger partial charge in [-0.05, 0) is 43.5 Å². The van der Waals surface area contributed by atoms with Crippen LogP contribution in [-0.2, 0) is 0 Å². The van der Waals surface area contributed by atoms with Gasteiger partial charge in [-0.3, -0.25) is 4.79 Å². The molecule has 0 unspecified atom stereocenters. The van der Waals surface area contributed by atoms with Gasteiger partial charge in [0.15, 0.2) is 0 Å². The highest BCUT2D eigenvalue weighted by Crippen LogP contribution is 2.16. The molecule has 0 saturated heterocycles. The largest absolute Gasteiger partial charge is 0.494 e. The van der Waals surface area contributed by atoms with Crippen LogP contribution in [0.2, 0.25) is 0 Å². The molecule has 0 saturated carbocycles. The van der Waals surface area contributed by atoms with Gasteiger partial charge in [-0.25, -0.2) is 9.97 Å². The summed E-state index contributed by atoms with van der Waals surface area (Å²) in [6.07, 6.45) is 4.11. The van der Waals surface area contributed by atoms with Gasteiger partial charge in [0.2, 0.25) is 0 Å². The molecule has 0 fully saturated rings. The van der Waals surface area contributed by atoms with Gasteiger partial charge in [0.05, 0.1) is 19.0 Å². The van der Waals surface area contributed by atoms with E-state index in [2.05, 4.69) is 34.4 Å². The van der Waals surface area contributed by atoms with Crippen LogP contribution >= 0.6 is 0 Å². The van der Waals surface area contributed by atoms with Crippen LogP contribution in [0.25, 0.3) is 0 Å². The van der Waals surface area contributed by atoms with E-state index in [0.29, 0.717) is 24.0 Å². The van der Waals surface area contributed by atoms with Crippen LogP contribution in [0.4, 0.5) is 11.5 Å². The van der Waals surface area contributed by atoms with Crippen LogP contribution in [0.1, 0.15) is 37.7 Å². The van der Waals surface area contributed by atoms with Gasteiger partial charge in [-0.1, -0.05) is 13.8 Å². The van der Waals surface area contributed by atoms with Crippen molar-refractivity contribution in [2.24, 2.45) is 5.92 Å². The van der Waals surface area contributed by atoms with Gasteiger partial charge >= 0.3 is 0 Å². The molecule has 1 aromatic heterocycles. The number of anilines is 2. The molecular weight excluding hydrogens is 304 g/mol. The van der Waals surface area contributed by atoms with Crippen LogP contribution in [0, 0.1) is 5.92 Å². The number of amides is 1. The summed E-state index contributed by atoms with van der Waals surface area (Å²) >= 11 is 0. The first-order valence-corrected chi connectivity index (χ1v) is 8.18. The highest BCUT2D eigenvalue weighted by atomic mass is 16.5. The number of hydrogen-bond acceptors (Lipinski definition) is 5. The molecule has 1 heterocycles. The summed E-state index contributed by atoms with van der Waals surface area (Å²) in [6.45, 7) is 7.71. The Hall–Kier alpha value is -2.63. The van der Waals surface area contributed by atoms with Crippen LogP contribution in [0.15, 0.2) is 36.7 Å². The van der Waals surface area contributed by atoms with Crippen LogP contribution in [0.3, 0.4) is 0 Å². The topological polar surface area (TPSA) is 76.1 Å². The Balaban J connectivity index is 1.89. The zero-order valence-electron chi connectivity index (χ0n) is 14.4. The molecule has 0 aliphatic heterocycles. The fourth-order valence-electron chi connectivity index (χ4n) is 2.02. The maximum atomic E-state index is 12.2. The molecule has 0 aliphatic rings. The molecule has 0 spiro atoms. The van der Waals surface area contributed by atoms with E-state index in [0.717, 1.165) is 18.7 Å². The lowest BCUT2D eigenvalue weighted by atomic mass is 10.1. The van der Waals surface area contributed by atoms with E-state index in [9.17, 15) is 4.79 Å². The molecule has 6 heteroatoms. The van der Waals surface area contributed by atoms with Crippen LogP contribution < -0.4 is 15.4 Å². The fraction of sp³-hybridized carbons (Fsp3) is 0.389. The summed E-state index contributed by atoms with van der Waals surface area (Å²) in [4.78, 5) is 20.6. The third-order valence-electron chi connectivity index (χ3n) is 3.34. The number of carbonyl (C=O) groups is 1. The highest BCUT2D eigenvalue weighted by Gasteiger charge is 2.08. The van der Waals surface area contributed by atoms with Gasteiger partial charge in [-0.2, -0.15) is 0 Å². The lowest BCUT2D eigenvalue weighted by Gasteiger charge is -2.08. The number of ether oxygens (including phenoxy) is 1. The van der Waals surface area contributed by atoms with Crippen molar-refractivity contribution in [1.29, 1.82) is 0 Å². The fourth-order valence-corrected chi connectivity index (χ4v) is 2.02. The molecule has 0 aliphatic carbocycles. The zero-order valence-corrected chi connectivity index (χ0v) is 14.4. The maximum absolute atomic E-state index is 12.2. The molecule has 6 nitrogen and oxygen atoms in total. The second-order valence-corrected chi connectivity index (χ2v) is 5.81. The second-order valence-electron chi connectivity index (χ2n) is 5.81. The Bertz CT molecular complexity index is 639. The standard InChI is InChI=1S/C18H24N4O2/c1-4-24-15-7-5-14(6-8-15)22-18(23)16-11-21-17(12-20-16)19-10-9-13(2)3/h5-8,11-13H,4,9-10H2,1-3H3,(H,19,21)(H,22,23). The normalized spacial score (nSPS) is 10.5. The van der Waals surface area contributed by atoms with Crippen molar-refractivity contribution >= 4 is 17.4 Å². The molecule has 2 N–H and O–H groups in total. The van der Waals surface area contributed by atoms with Crippen molar-refractivity contribution < 1.29 is 9.53 Å². The monoisotopic (exact) mass is 328 g/mol.